The van der Waals surface area contributed by atoms with E-state index in [-0.39, 0.29) is 13.2 Å². The maximum Gasteiger partial charge on any atom is 0.431 e. The Morgan fingerprint density at radius 2 is 1.20 bits per heavy atom. The monoisotopic (exact) mass is 334 g/mol. The van der Waals surface area contributed by atoms with Crippen LogP contribution in [0.5, 0.6) is 0 Å². The first kappa shape index (κ1) is 19.7. The van der Waals surface area contributed by atoms with E-state index < -0.39 is 38.2 Å². The zero-order valence-corrected chi connectivity index (χ0v) is 11.5. The van der Waals surface area contributed by atoms with E-state index in [0.717, 1.165) is 0 Å². The number of alkyl halides is 7. The molecule has 0 atom stereocenters. The molecular formula is C9H14F7O3P. The van der Waals surface area contributed by atoms with Crippen LogP contribution in [0.2, 0.25) is 0 Å². The van der Waals surface area contributed by atoms with Crippen molar-refractivity contribution in [2.24, 2.45) is 0 Å². The van der Waals surface area contributed by atoms with E-state index in [1.807, 2.05) is 0 Å². The van der Waals surface area contributed by atoms with E-state index in [4.69, 9.17) is 0 Å². The molecule has 0 radical (unpaired) electrons. The average molecular weight is 334 g/mol. The van der Waals surface area contributed by atoms with Crippen molar-refractivity contribution in [2.45, 2.75) is 38.3 Å². The van der Waals surface area contributed by atoms with Crippen molar-refractivity contribution < 1.29 is 44.3 Å². The third kappa shape index (κ3) is 4.60. The molecule has 0 saturated carbocycles. The quantitative estimate of drug-likeness (QED) is 0.509. The summed E-state index contributed by atoms with van der Waals surface area (Å²) in [6.45, 7) is 2.13. The van der Waals surface area contributed by atoms with Crippen LogP contribution in [0.4, 0.5) is 30.7 Å². The Kier molecular flexibility index (Phi) is 6.50. The molecule has 0 aliphatic rings. The highest BCUT2D eigenvalue weighted by Crippen LogP contribution is 2.54. The van der Waals surface area contributed by atoms with Crippen molar-refractivity contribution in [2.75, 3.05) is 19.4 Å². The smallest absolute Gasteiger partial charge is 0.309 e. The molecule has 0 aliphatic carbocycles. The van der Waals surface area contributed by atoms with Crippen molar-refractivity contribution in [3.63, 3.8) is 0 Å². The molecule has 0 rings (SSSR count). The Hall–Kier alpha value is -0.340. The minimum atomic E-state index is -6.17. The summed E-state index contributed by atoms with van der Waals surface area (Å²) >= 11 is 0. The van der Waals surface area contributed by atoms with Crippen LogP contribution in [-0.4, -0.2) is 37.4 Å². The summed E-state index contributed by atoms with van der Waals surface area (Å²) in [5.74, 6) is 0. The lowest BCUT2D eigenvalue weighted by Gasteiger charge is -2.30. The van der Waals surface area contributed by atoms with Crippen molar-refractivity contribution >= 4 is 7.60 Å². The van der Waals surface area contributed by atoms with Crippen LogP contribution in [0.25, 0.3) is 0 Å². The van der Waals surface area contributed by atoms with Crippen LogP contribution in [0, 0.1) is 0 Å². The van der Waals surface area contributed by atoms with E-state index >= 15 is 0 Å². The van der Waals surface area contributed by atoms with Crippen LogP contribution in [0.15, 0.2) is 0 Å². The van der Waals surface area contributed by atoms with E-state index in [0.29, 0.717) is 0 Å². The topological polar surface area (TPSA) is 35.5 Å². The maximum atomic E-state index is 13.3. The lowest BCUT2D eigenvalue weighted by molar-refractivity contribution is -0.341. The van der Waals surface area contributed by atoms with Gasteiger partial charge in [0.25, 0.3) is 5.67 Å². The fourth-order valence-electron chi connectivity index (χ4n) is 1.29. The Morgan fingerprint density at radius 1 is 0.850 bits per heavy atom. The predicted molar refractivity (Wildman–Crippen MR) is 56.3 cm³/mol. The molecule has 0 heterocycles. The summed E-state index contributed by atoms with van der Waals surface area (Å²) in [7, 11) is -4.19. The van der Waals surface area contributed by atoms with E-state index in [1.165, 1.54) is 13.8 Å². The average Bonchev–Trinajstić information content (AvgIpc) is 2.23. The van der Waals surface area contributed by atoms with Gasteiger partial charge in [-0.15, -0.1) is 0 Å². The number of hydrogen-bond donors (Lipinski definition) is 0. The first-order chi connectivity index (χ1) is 8.83. The molecule has 0 saturated heterocycles. The molecule has 0 aromatic carbocycles. The van der Waals surface area contributed by atoms with Gasteiger partial charge in [-0.2, -0.15) is 26.3 Å². The number of halogens is 7. The molecule has 11 heteroatoms. The molecule has 0 aromatic rings. The number of hydrogen-bond acceptors (Lipinski definition) is 3. The summed E-state index contributed by atoms with van der Waals surface area (Å²) in [4.78, 5) is 0. The predicted octanol–water partition coefficient (Wildman–Crippen LogP) is 4.48. The first-order valence-electron chi connectivity index (χ1n) is 5.53. The summed E-state index contributed by atoms with van der Waals surface area (Å²) in [6.07, 6.45) is -15.8. The molecule has 0 unspecified atom stereocenters. The second-order valence-corrected chi connectivity index (χ2v) is 5.90. The van der Waals surface area contributed by atoms with E-state index in [2.05, 4.69) is 9.05 Å². The lowest BCUT2D eigenvalue weighted by atomic mass is 10.0. The highest BCUT2D eigenvalue weighted by atomic mass is 31.2. The van der Waals surface area contributed by atoms with Crippen molar-refractivity contribution in [3.05, 3.63) is 0 Å². The fraction of sp³-hybridized carbons (Fsp3) is 1.00. The summed E-state index contributed by atoms with van der Waals surface area (Å²) < 4.78 is 108. The Balaban J connectivity index is 5.18. The third-order valence-corrected chi connectivity index (χ3v) is 4.35. The zero-order valence-electron chi connectivity index (χ0n) is 10.6. The van der Waals surface area contributed by atoms with Gasteiger partial charge in [0.05, 0.1) is 19.4 Å². The van der Waals surface area contributed by atoms with Gasteiger partial charge in [-0.1, -0.05) is 0 Å². The lowest BCUT2D eigenvalue weighted by Crippen LogP contribution is -2.53. The standard InChI is InChI=1S/C9H14F7O3P/c1-3-18-20(17,19-4-2)6-5-7(10,8(11,12)13)9(14,15)16/h3-6H2,1-2H3. The van der Waals surface area contributed by atoms with Crippen LogP contribution >= 0.6 is 7.60 Å². The molecule has 0 spiro atoms. The van der Waals surface area contributed by atoms with Crippen LogP contribution in [0.1, 0.15) is 20.3 Å². The molecule has 122 valence electrons. The van der Waals surface area contributed by atoms with E-state index in [1.54, 1.807) is 0 Å². The Morgan fingerprint density at radius 3 is 1.45 bits per heavy atom. The molecule has 0 aromatic heterocycles. The molecule has 0 amide bonds. The van der Waals surface area contributed by atoms with Gasteiger partial charge in [0, 0.05) is 6.42 Å². The van der Waals surface area contributed by atoms with Gasteiger partial charge in [-0.3, -0.25) is 4.57 Å². The molecular weight excluding hydrogens is 320 g/mol. The molecule has 0 N–H and O–H groups in total. The molecule has 3 nitrogen and oxygen atoms in total. The van der Waals surface area contributed by atoms with Gasteiger partial charge < -0.3 is 9.05 Å². The Bertz CT molecular complexity index is 328. The van der Waals surface area contributed by atoms with Gasteiger partial charge in [0.15, 0.2) is 0 Å². The third-order valence-electron chi connectivity index (χ3n) is 2.28. The van der Waals surface area contributed by atoms with Crippen molar-refractivity contribution in [1.82, 2.24) is 0 Å². The normalized spacial score (nSPS) is 14.7. The van der Waals surface area contributed by atoms with Crippen LogP contribution in [0.3, 0.4) is 0 Å². The second-order valence-electron chi connectivity index (χ2n) is 3.72. The van der Waals surface area contributed by atoms with Gasteiger partial charge in [-0.25, -0.2) is 4.39 Å². The number of rotatable bonds is 7. The summed E-state index contributed by atoms with van der Waals surface area (Å²) in [5.41, 5.74) is -5.45. The highest BCUT2D eigenvalue weighted by Gasteiger charge is 2.72. The fourth-order valence-corrected chi connectivity index (χ4v) is 3.00. The van der Waals surface area contributed by atoms with Crippen LogP contribution in [-0.2, 0) is 13.6 Å². The minimum Gasteiger partial charge on any atom is -0.309 e. The minimum absolute atomic E-state index is 0.255. The van der Waals surface area contributed by atoms with Gasteiger partial charge in [0.1, 0.15) is 0 Å². The Labute approximate surface area is 111 Å². The van der Waals surface area contributed by atoms with Gasteiger partial charge in [-0.05, 0) is 13.8 Å². The molecule has 20 heavy (non-hydrogen) atoms. The first-order valence-corrected chi connectivity index (χ1v) is 7.26. The molecule has 0 fully saturated rings. The SMILES string of the molecule is CCOP(=O)(CCC(F)(C(F)(F)F)C(F)(F)F)OCC. The largest absolute Gasteiger partial charge is 0.431 e. The molecule has 0 aliphatic heterocycles. The maximum absolute atomic E-state index is 13.3. The van der Waals surface area contributed by atoms with Gasteiger partial charge >= 0.3 is 19.9 Å². The van der Waals surface area contributed by atoms with Crippen LogP contribution < -0.4 is 0 Å². The van der Waals surface area contributed by atoms with Crippen molar-refractivity contribution in [3.8, 4) is 0 Å². The summed E-state index contributed by atoms with van der Waals surface area (Å²) in [6, 6.07) is 0. The second kappa shape index (κ2) is 6.62. The van der Waals surface area contributed by atoms with E-state index in [9.17, 15) is 35.3 Å². The zero-order chi connectivity index (χ0) is 16.2. The van der Waals surface area contributed by atoms with Gasteiger partial charge in [0.2, 0.25) is 0 Å². The van der Waals surface area contributed by atoms with Crippen molar-refractivity contribution in [1.29, 1.82) is 0 Å². The molecule has 0 bridgehead atoms. The highest BCUT2D eigenvalue weighted by molar-refractivity contribution is 7.53. The summed E-state index contributed by atoms with van der Waals surface area (Å²) in [5, 5.41) is 0.